The molecule has 0 radical (unpaired) electrons. The number of rotatable bonds is 9. The molecule has 0 aliphatic heterocycles. The van der Waals surface area contributed by atoms with Crippen molar-refractivity contribution in [1.29, 1.82) is 0 Å². The van der Waals surface area contributed by atoms with Crippen LogP contribution in [0.25, 0.3) is 0 Å². The molecule has 26 heavy (non-hydrogen) atoms. The molecule has 0 aliphatic carbocycles. The van der Waals surface area contributed by atoms with E-state index in [0.29, 0.717) is 44.1 Å². The predicted octanol–water partition coefficient (Wildman–Crippen LogP) is 3.67. The standard InChI is InChI=1S/C20H29N3O3/c1-14(2)20-21-18(26-22-20)7-6-8-19(24)23(5)9-10-25-17-12-15(3)11-16(4)13-17/h11-14H,6-10H2,1-5H3. The third-order valence-corrected chi connectivity index (χ3v) is 4.10. The molecule has 142 valence electrons. The van der Waals surface area contributed by atoms with Gasteiger partial charge in [-0.1, -0.05) is 25.1 Å². The molecule has 0 bridgehead atoms. The fraction of sp³-hybridized carbons (Fsp3) is 0.550. The zero-order chi connectivity index (χ0) is 19.1. The minimum Gasteiger partial charge on any atom is -0.492 e. The molecule has 6 nitrogen and oxygen atoms in total. The van der Waals surface area contributed by atoms with Crippen molar-refractivity contribution in [3.05, 3.63) is 41.0 Å². The Labute approximate surface area is 155 Å². The van der Waals surface area contributed by atoms with Gasteiger partial charge < -0.3 is 14.2 Å². The molecule has 0 fully saturated rings. The highest BCUT2D eigenvalue weighted by Crippen LogP contribution is 2.16. The SMILES string of the molecule is Cc1cc(C)cc(OCCN(C)C(=O)CCCc2nc(C(C)C)no2)c1. The number of carbonyl (C=O) groups excluding carboxylic acids is 1. The Balaban J connectivity index is 1.68. The van der Waals surface area contributed by atoms with E-state index in [1.54, 1.807) is 11.9 Å². The molecule has 1 aromatic carbocycles. The van der Waals surface area contributed by atoms with Crippen LogP contribution in [0.2, 0.25) is 0 Å². The largest absolute Gasteiger partial charge is 0.492 e. The van der Waals surface area contributed by atoms with Gasteiger partial charge in [0.1, 0.15) is 12.4 Å². The Kier molecular flexibility index (Phi) is 7.18. The molecule has 1 heterocycles. The van der Waals surface area contributed by atoms with Crippen LogP contribution in [-0.4, -0.2) is 41.1 Å². The van der Waals surface area contributed by atoms with Crippen LogP contribution >= 0.6 is 0 Å². The fourth-order valence-electron chi connectivity index (χ4n) is 2.63. The van der Waals surface area contributed by atoms with Crippen molar-refractivity contribution in [1.82, 2.24) is 15.0 Å². The third-order valence-electron chi connectivity index (χ3n) is 4.10. The lowest BCUT2D eigenvalue weighted by molar-refractivity contribution is -0.130. The average Bonchev–Trinajstić information content (AvgIpc) is 3.03. The number of hydrogen-bond donors (Lipinski definition) is 0. The van der Waals surface area contributed by atoms with Gasteiger partial charge in [0.25, 0.3) is 0 Å². The third kappa shape index (κ3) is 6.17. The zero-order valence-corrected chi connectivity index (χ0v) is 16.4. The van der Waals surface area contributed by atoms with Gasteiger partial charge in [-0.05, 0) is 43.5 Å². The van der Waals surface area contributed by atoms with Crippen LogP contribution in [0.3, 0.4) is 0 Å². The Morgan fingerprint density at radius 1 is 1.23 bits per heavy atom. The van der Waals surface area contributed by atoms with Gasteiger partial charge in [0.05, 0.1) is 6.54 Å². The molecule has 0 saturated heterocycles. The van der Waals surface area contributed by atoms with Crippen LogP contribution in [0, 0.1) is 13.8 Å². The van der Waals surface area contributed by atoms with E-state index >= 15 is 0 Å². The lowest BCUT2D eigenvalue weighted by atomic mass is 10.1. The summed E-state index contributed by atoms with van der Waals surface area (Å²) in [5.41, 5.74) is 2.34. The van der Waals surface area contributed by atoms with E-state index in [0.717, 1.165) is 5.75 Å². The maximum Gasteiger partial charge on any atom is 0.226 e. The highest BCUT2D eigenvalue weighted by Gasteiger charge is 2.12. The molecule has 0 aliphatic rings. The summed E-state index contributed by atoms with van der Waals surface area (Å²) in [6.07, 6.45) is 1.78. The summed E-state index contributed by atoms with van der Waals surface area (Å²) in [5.74, 6) is 2.50. The number of nitrogens with zero attached hydrogens (tertiary/aromatic N) is 3. The minimum atomic E-state index is 0.0950. The van der Waals surface area contributed by atoms with E-state index in [1.807, 2.05) is 39.8 Å². The molecule has 1 amide bonds. The second-order valence-corrected chi connectivity index (χ2v) is 7.04. The van der Waals surface area contributed by atoms with Gasteiger partial charge >= 0.3 is 0 Å². The Morgan fingerprint density at radius 2 is 1.92 bits per heavy atom. The molecular formula is C20H29N3O3. The molecule has 0 unspecified atom stereocenters. The summed E-state index contributed by atoms with van der Waals surface area (Å²) in [7, 11) is 1.80. The molecule has 6 heteroatoms. The van der Waals surface area contributed by atoms with Crippen LogP contribution in [0.5, 0.6) is 5.75 Å². The van der Waals surface area contributed by atoms with Gasteiger partial charge in [0.2, 0.25) is 11.8 Å². The summed E-state index contributed by atoms with van der Waals surface area (Å²) in [6.45, 7) is 9.17. The van der Waals surface area contributed by atoms with Crippen molar-refractivity contribution < 1.29 is 14.1 Å². The van der Waals surface area contributed by atoms with Gasteiger partial charge in [-0.15, -0.1) is 0 Å². The van der Waals surface area contributed by atoms with E-state index in [9.17, 15) is 4.79 Å². The molecule has 0 N–H and O–H groups in total. The number of hydrogen-bond acceptors (Lipinski definition) is 5. The molecule has 0 saturated carbocycles. The minimum absolute atomic E-state index is 0.0950. The van der Waals surface area contributed by atoms with E-state index in [1.165, 1.54) is 11.1 Å². The number of benzene rings is 1. The normalized spacial score (nSPS) is 11.0. The van der Waals surface area contributed by atoms with Crippen LogP contribution in [0.4, 0.5) is 0 Å². The number of aryl methyl sites for hydroxylation is 3. The molecule has 2 rings (SSSR count). The molecule has 2 aromatic rings. The van der Waals surface area contributed by atoms with Crippen LogP contribution in [0.15, 0.2) is 22.7 Å². The van der Waals surface area contributed by atoms with Crippen LogP contribution < -0.4 is 4.74 Å². The van der Waals surface area contributed by atoms with Gasteiger partial charge in [0.15, 0.2) is 5.82 Å². The van der Waals surface area contributed by atoms with Gasteiger partial charge in [-0.25, -0.2) is 0 Å². The van der Waals surface area contributed by atoms with Crippen molar-refractivity contribution in [2.24, 2.45) is 0 Å². The predicted molar refractivity (Wildman–Crippen MR) is 100 cm³/mol. The first-order chi connectivity index (χ1) is 12.3. The number of amides is 1. The topological polar surface area (TPSA) is 68.5 Å². The van der Waals surface area contributed by atoms with Crippen molar-refractivity contribution in [2.75, 3.05) is 20.2 Å². The lowest BCUT2D eigenvalue weighted by Gasteiger charge is -2.17. The van der Waals surface area contributed by atoms with Crippen LogP contribution in [0.1, 0.15) is 55.4 Å². The van der Waals surface area contributed by atoms with E-state index in [-0.39, 0.29) is 11.8 Å². The highest BCUT2D eigenvalue weighted by molar-refractivity contribution is 5.75. The molecule has 1 aromatic heterocycles. The Morgan fingerprint density at radius 3 is 2.54 bits per heavy atom. The van der Waals surface area contributed by atoms with E-state index in [4.69, 9.17) is 9.26 Å². The first-order valence-electron chi connectivity index (χ1n) is 9.12. The van der Waals surface area contributed by atoms with Gasteiger partial charge in [0, 0.05) is 25.8 Å². The monoisotopic (exact) mass is 359 g/mol. The zero-order valence-electron chi connectivity index (χ0n) is 16.4. The van der Waals surface area contributed by atoms with Crippen molar-refractivity contribution >= 4 is 5.91 Å². The summed E-state index contributed by atoms with van der Waals surface area (Å²) in [5, 5.41) is 3.93. The molecule has 0 spiro atoms. The quantitative estimate of drug-likeness (QED) is 0.683. The number of ether oxygens (including phenoxy) is 1. The summed E-state index contributed by atoms with van der Waals surface area (Å²) in [6, 6.07) is 6.12. The van der Waals surface area contributed by atoms with Crippen molar-refractivity contribution in [3.63, 3.8) is 0 Å². The smallest absolute Gasteiger partial charge is 0.226 e. The van der Waals surface area contributed by atoms with Crippen molar-refractivity contribution in [3.8, 4) is 5.75 Å². The Bertz CT molecular complexity index is 705. The van der Waals surface area contributed by atoms with Crippen LogP contribution in [-0.2, 0) is 11.2 Å². The number of likely N-dealkylation sites (N-methyl/N-ethyl adjacent to an activating group) is 1. The van der Waals surface area contributed by atoms with E-state index in [2.05, 4.69) is 16.2 Å². The summed E-state index contributed by atoms with van der Waals surface area (Å²) < 4.78 is 11.0. The second kappa shape index (κ2) is 9.36. The first kappa shape index (κ1) is 19.9. The Hall–Kier alpha value is -2.37. The number of aromatic nitrogens is 2. The lowest BCUT2D eigenvalue weighted by Crippen LogP contribution is -2.30. The highest BCUT2D eigenvalue weighted by atomic mass is 16.5. The summed E-state index contributed by atoms with van der Waals surface area (Å²) in [4.78, 5) is 18.2. The van der Waals surface area contributed by atoms with Crippen molar-refractivity contribution in [2.45, 2.75) is 52.9 Å². The van der Waals surface area contributed by atoms with Gasteiger partial charge in [-0.2, -0.15) is 4.98 Å². The summed E-state index contributed by atoms with van der Waals surface area (Å²) >= 11 is 0. The second-order valence-electron chi connectivity index (χ2n) is 7.04. The van der Waals surface area contributed by atoms with Gasteiger partial charge in [-0.3, -0.25) is 4.79 Å². The number of carbonyl (C=O) groups is 1. The van der Waals surface area contributed by atoms with E-state index < -0.39 is 0 Å². The molecular weight excluding hydrogens is 330 g/mol. The fourth-order valence-corrected chi connectivity index (χ4v) is 2.63. The maximum atomic E-state index is 12.2. The molecule has 0 atom stereocenters. The first-order valence-corrected chi connectivity index (χ1v) is 9.12. The maximum absolute atomic E-state index is 12.2. The average molecular weight is 359 g/mol.